The maximum atomic E-state index is 12.7. The van der Waals surface area contributed by atoms with E-state index in [0.29, 0.717) is 23.8 Å². The highest BCUT2D eigenvalue weighted by Gasteiger charge is 2.19. The van der Waals surface area contributed by atoms with Crippen LogP contribution >= 0.6 is 0 Å². The number of phenolic OH excluding ortho intramolecular Hbond substituents is 1. The molecule has 0 aliphatic carbocycles. The molecule has 0 saturated carbocycles. The van der Waals surface area contributed by atoms with E-state index in [1.807, 2.05) is 30.3 Å². The first-order valence-electron chi connectivity index (χ1n) is 9.17. The maximum absolute atomic E-state index is 12.7. The van der Waals surface area contributed by atoms with Crippen LogP contribution in [0.3, 0.4) is 0 Å². The summed E-state index contributed by atoms with van der Waals surface area (Å²) in [7, 11) is 0. The summed E-state index contributed by atoms with van der Waals surface area (Å²) in [6.07, 6.45) is 2.13. The van der Waals surface area contributed by atoms with Gasteiger partial charge in [0.25, 0.3) is 5.91 Å². The van der Waals surface area contributed by atoms with Crippen molar-refractivity contribution >= 4 is 11.6 Å². The zero-order chi connectivity index (χ0) is 18.7. The lowest BCUT2D eigenvalue weighted by Crippen LogP contribution is -2.17. The summed E-state index contributed by atoms with van der Waals surface area (Å²) in [6, 6.07) is 13.0. The number of carbonyl (C=O) groups is 1. The number of ether oxygens (including phenoxy) is 1. The van der Waals surface area contributed by atoms with Crippen molar-refractivity contribution in [3.8, 4) is 5.75 Å². The van der Waals surface area contributed by atoms with Crippen molar-refractivity contribution in [2.24, 2.45) is 0 Å². The fourth-order valence-corrected chi connectivity index (χ4v) is 3.23. The number of nitrogens with one attached hydrogen (secondary N) is 1. The van der Waals surface area contributed by atoms with Crippen molar-refractivity contribution in [3.63, 3.8) is 0 Å². The first-order valence-corrected chi connectivity index (χ1v) is 9.17. The van der Waals surface area contributed by atoms with Crippen LogP contribution in [0.4, 0.5) is 5.69 Å². The fraction of sp³-hybridized carbons (Fsp3) is 0.409. The zero-order valence-electron chi connectivity index (χ0n) is 15.7. The molecule has 138 valence electrons. The SMILES string of the molecule is CC(C)(C)c1ccc(O)c(NC(=O)c2cccc(C3CCCOC3)c2)c1. The lowest BCUT2D eigenvalue weighted by atomic mass is 9.87. The van der Waals surface area contributed by atoms with Crippen LogP contribution < -0.4 is 5.32 Å². The third-order valence-electron chi connectivity index (χ3n) is 4.89. The third kappa shape index (κ3) is 4.25. The molecule has 0 spiro atoms. The van der Waals surface area contributed by atoms with Crippen LogP contribution in [-0.4, -0.2) is 24.2 Å². The van der Waals surface area contributed by atoms with E-state index in [-0.39, 0.29) is 17.1 Å². The summed E-state index contributed by atoms with van der Waals surface area (Å²) in [4.78, 5) is 12.7. The van der Waals surface area contributed by atoms with Gasteiger partial charge in [-0.3, -0.25) is 4.79 Å². The largest absolute Gasteiger partial charge is 0.506 e. The van der Waals surface area contributed by atoms with Gasteiger partial charge in [0.05, 0.1) is 12.3 Å². The Morgan fingerprint density at radius 2 is 2.00 bits per heavy atom. The molecule has 1 atom stereocenters. The highest BCUT2D eigenvalue weighted by molar-refractivity contribution is 6.05. The highest BCUT2D eigenvalue weighted by atomic mass is 16.5. The van der Waals surface area contributed by atoms with Gasteiger partial charge in [0.2, 0.25) is 0 Å². The third-order valence-corrected chi connectivity index (χ3v) is 4.89. The van der Waals surface area contributed by atoms with Gasteiger partial charge in [-0.05, 0) is 53.6 Å². The van der Waals surface area contributed by atoms with E-state index in [4.69, 9.17) is 4.74 Å². The first kappa shape index (κ1) is 18.5. The normalized spacial score (nSPS) is 17.7. The molecule has 1 heterocycles. The average Bonchev–Trinajstić information content (AvgIpc) is 2.63. The quantitative estimate of drug-likeness (QED) is 0.777. The maximum Gasteiger partial charge on any atom is 0.255 e. The number of amides is 1. The van der Waals surface area contributed by atoms with Gasteiger partial charge >= 0.3 is 0 Å². The summed E-state index contributed by atoms with van der Waals surface area (Å²) >= 11 is 0. The Bertz CT molecular complexity index is 786. The molecule has 0 bridgehead atoms. The van der Waals surface area contributed by atoms with Crippen LogP contribution in [0.1, 0.15) is 61.0 Å². The summed E-state index contributed by atoms with van der Waals surface area (Å²) in [5, 5.41) is 13.0. The molecule has 4 heteroatoms. The molecule has 26 heavy (non-hydrogen) atoms. The minimum atomic E-state index is -0.218. The van der Waals surface area contributed by atoms with Gasteiger partial charge in [0.1, 0.15) is 5.75 Å². The monoisotopic (exact) mass is 353 g/mol. The smallest absolute Gasteiger partial charge is 0.255 e. The summed E-state index contributed by atoms with van der Waals surface area (Å²) in [5.41, 5.74) is 3.15. The lowest BCUT2D eigenvalue weighted by Gasteiger charge is -2.23. The number of rotatable bonds is 3. The molecule has 1 amide bonds. The Balaban J connectivity index is 1.80. The van der Waals surface area contributed by atoms with Crippen LogP contribution in [0.15, 0.2) is 42.5 Å². The van der Waals surface area contributed by atoms with Crippen molar-refractivity contribution in [1.82, 2.24) is 0 Å². The van der Waals surface area contributed by atoms with Gasteiger partial charge in [0.15, 0.2) is 0 Å². The highest BCUT2D eigenvalue weighted by Crippen LogP contribution is 2.31. The van der Waals surface area contributed by atoms with Crippen LogP contribution in [0, 0.1) is 0 Å². The second-order valence-electron chi connectivity index (χ2n) is 7.98. The van der Waals surface area contributed by atoms with E-state index in [1.54, 1.807) is 12.1 Å². The molecule has 0 radical (unpaired) electrons. The van der Waals surface area contributed by atoms with Crippen LogP contribution in [0.25, 0.3) is 0 Å². The topological polar surface area (TPSA) is 58.6 Å². The molecule has 1 aliphatic rings. The average molecular weight is 353 g/mol. The minimum absolute atomic E-state index is 0.0614. The number of benzene rings is 2. The molecule has 2 N–H and O–H groups in total. The molecule has 1 fully saturated rings. The lowest BCUT2D eigenvalue weighted by molar-refractivity contribution is 0.0803. The number of anilines is 1. The Kier molecular flexibility index (Phi) is 5.33. The van der Waals surface area contributed by atoms with Gasteiger partial charge in [-0.15, -0.1) is 0 Å². The van der Waals surface area contributed by atoms with Crippen molar-refractivity contribution in [1.29, 1.82) is 0 Å². The Morgan fingerprint density at radius 1 is 1.19 bits per heavy atom. The van der Waals surface area contributed by atoms with E-state index < -0.39 is 0 Å². The number of hydrogen-bond donors (Lipinski definition) is 2. The molecule has 4 nitrogen and oxygen atoms in total. The van der Waals surface area contributed by atoms with Crippen molar-refractivity contribution < 1.29 is 14.6 Å². The molecular formula is C22H27NO3. The van der Waals surface area contributed by atoms with Gasteiger partial charge < -0.3 is 15.2 Å². The van der Waals surface area contributed by atoms with Gasteiger partial charge in [-0.2, -0.15) is 0 Å². The van der Waals surface area contributed by atoms with Crippen molar-refractivity contribution in [2.75, 3.05) is 18.5 Å². The number of hydrogen-bond acceptors (Lipinski definition) is 3. The zero-order valence-corrected chi connectivity index (χ0v) is 15.7. The van der Waals surface area contributed by atoms with Gasteiger partial charge in [-0.25, -0.2) is 0 Å². The van der Waals surface area contributed by atoms with E-state index in [9.17, 15) is 9.90 Å². The molecule has 0 aromatic heterocycles. The minimum Gasteiger partial charge on any atom is -0.506 e. The van der Waals surface area contributed by atoms with E-state index >= 15 is 0 Å². The first-order chi connectivity index (χ1) is 12.3. The molecule has 1 aliphatic heterocycles. The van der Waals surface area contributed by atoms with Crippen molar-refractivity contribution in [2.45, 2.75) is 44.9 Å². The predicted molar refractivity (Wildman–Crippen MR) is 104 cm³/mol. The second kappa shape index (κ2) is 7.50. The summed E-state index contributed by atoms with van der Waals surface area (Å²) < 4.78 is 5.56. The molecule has 2 aromatic rings. The van der Waals surface area contributed by atoms with E-state index in [2.05, 4.69) is 26.1 Å². The van der Waals surface area contributed by atoms with Gasteiger partial charge in [0, 0.05) is 18.1 Å². The number of aromatic hydroxyl groups is 1. The van der Waals surface area contributed by atoms with Crippen molar-refractivity contribution in [3.05, 3.63) is 59.2 Å². The number of phenols is 1. The Hall–Kier alpha value is -2.33. The fourth-order valence-electron chi connectivity index (χ4n) is 3.23. The van der Waals surface area contributed by atoms with Crippen LogP contribution in [0.5, 0.6) is 5.75 Å². The standard InChI is InChI=1S/C22H27NO3/c1-22(2,3)18-9-10-20(24)19(13-18)23-21(25)16-7-4-6-15(12-16)17-8-5-11-26-14-17/h4,6-7,9-10,12-13,17,24H,5,8,11,14H2,1-3H3,(H,23,25). The second-order valence-corrected chi connectivity index (χ2v) is 7.98. The van der Waals surface area contributed by atoms with E-state index in [1.165, 1.54) is 0 Å². The molecule has 1 unspecified atom stereocenters. The predicted octanol–water partition coefficient (Wildman–Crippen LogP) is 4.84. The summed E-state index contributed by atoms with van der Waals surface area (Å²) in [6.45, 7) is 7.82. The van der Waals surface area contributed by atoms with Crippen LogP contribution in [0.2, 0.25) is 0 Å². The number of carbonyl (C=O) groups excluding carboxylic acids is 1. The Labute approximate surface area is 155 Å². The summed E-state index contributed by atoms with van der Waals surface area (Å²) in [5.74, 6) is 0.197. The van der Waals surface area contributed by atoms with Crippen LogP contribution in [-0.2, 0) is 10.2 Å². The Morgan fingerprint density at radius 3 is 2.69 bits per heavy atom. The van der Waals surface area contributed by atoms with Gasteiger partial charge in [-0.1, -0.05) is 39.0 Å². The van der Waals surface area contributed by atoms with E-state index in [0.717, 1.165) is 30.6 Å². The molecule has 1 saturated heterocycles. The molecular weight excluding hydrogens is 326 g/mol. The molecule has 3 rings (SSSR count). The molecule has 2 aromatic carbocycles.